The number of aromatic nitrogens is 1. The number of benzene rings is 3. The average molecular weight is 445 g/mol. The van der Waals surface area contributed by atoms with Gasteiger partial charge in [0.05, 0.1) is 12.3 Å². The van der Waals surface area contributed by atoms with Gasteiger partial charge in [-0.2, -0.15) is 0 Å². The van der Waals surface area contributed by atoms with Gasteiger partial charge >= 0.3 is 0 Å². The van der Waals surface area contributed by atoms with Crippen LogP contribution in [0.25, 0.3) is 22.4 Å². The molecule has 0 spiro atoms. The Balaban J connectivity index is 1.29. The van der Waals surface area contributed by atoms with Crippen molar-refractivity contribution in [3.05, 3.63) is 84.2 Å². The lowest BCUT2D eigenvalue weighted by atomic mass is 10.1. The molecule has 0 fully saturated rings. The van der Waals surface area contributed by atoms with Crippen molar-refractivity contribution in [2.24, 2.45) is 0 Å². The first-order chi connectivity index (χ1) is 15.7. The van der Waals surface area contributed by atoms with Crippen LogP contribution in [0.2, 0.25) is 0 Å². The number of ether oxygens (including phenoxy) is 2. The van der Waals surface area contributed by atoms with Crippen LogP contribution >= 0.6 is 11.3 Å². The third-order valence-electron chi connectivity index (χ3n) is 4.70. The molecule has 5 nitrogen and oxygen atoms in total. The predicted octanol–water partition coefficient (Wildman–Crippen LogP) is 6.28. The zero-order chi connectivity index (χ0) is 22.2. The lowest BCUT2D eigenvalue weighted by Crippen LogP contribution is -2.20. The van der Waals surface area contributed by atoms with Crippen molar-refractivity contribution >= 4 is 22.4 Å². The van der Waals surface area contributed by atoms with Gasteiger partial charge in [-0.25, -0.2) is 4.98 Å². The summed E-state index contributed by atoms with van der Waals surface area (Å²) in [5, 5.41) is 5.26. The Morgan fingerprint density at radius 3 is 2.16 bits per heavy atom. The third kappa shape index (κ3) is 5.74. The fraction of sp³-hybridized carbons (Fsp3) is 0.154. The molecular formula is C26H24N2O3S. The maximum Gasteiger partial charge on any atom is 0.264 e. The van der Waals surface area contributed by atoms with Gasteiger partial charge in [0.15, 0.2) is 11.7 Å². The molecule has 0 radical (unpaired) electrons. The maximum atomic E-state index is 12.3. The second kappa shape index (κ2) is 10.6. The molecule has 162 valence electrons. The maximum absolute atomic E-state index is 12.3. The minimum absolute atomic E-state index is 0.0803. The Bertz CT molecular complexity index is 1140. The summed E-state index contributed by atoms with van der Waals surface area (Å²) in [6.45, 7) is 2.70. The fourth-order valence-corrected chi connectivity index (χ4v) is 3.82. The molecule has 0 saturated carbocycles. The smallest absolute Gasteiger partial charge is 0.264 e. The molecule has 4 aromatic rings. The Labute approximate surface area is 191 Å². The summed E-state index contributed by atoms with van der Waals surface area (Å²) in [5.41, 5.74) is 4.02. The molecule has 0 bridgehead atoms. The molecule has 0 aliphatic rings. The molecule has 0 unspecified atom stereocenters. The van der Waals surface area contributed by atoms with Gasteiger partial charge in [-0.1, -0.05) is 49.4 Å². The molecule has 1 N–H and O–H groups in total. The van der Waals surface area contributed by atoms with Gasteiger partial charge in [-0.15, -0.1) is 11.3 Å². The zero-order valence-corrected chi connectivity index (χ0v) is 18.6. The van der Waals surface area contributed by atoms with Gasteiger partial charge in [0.25, 0.3) is 5.91 Å². The highest BCUT2D eigenvalue weighted by molar-refractivity contribution is 7.14. The van der Waals surface area contributed by atoms with Crippen LogP contribution < -0.4 is 14.8 Å². The van der Waals surface area contributed by atoms with Gasteiger partial charge in [0.2, 0.25) is 0 Å². The van der Waals surface area contributed by atoms with Crippen molar-refractivity contribution in [1.29, 1.82) is 0 Å². The largest absolute Gasteiger partial charge is 0.494 e. The minimum atomic E-state index is -0.249. The lowest BCUT2D eigenvalue weighted by Gasteiger charge is -2.07. The van der Waals surface area contributed by atoms with Crippen LogP contribution in [0, 0.1) is 0 Å². The average Bonchev–Trinajstić information content (AvgIpc) is 3.31. The van der Waals surface area contributed by atoms with E-state index >= 15 is 0 Å². The zero-order valence-electron chi connectivity index (χ0n) is 17.8. The number of rotatable bonds is 9. The van der Waals surface area contributed by atoms with Gasteiger partial charge in [0.1, 0.15) is 11.5 Å². The molecule has 3 aromatic carbocycles. The summed E-state index contributed by atoms with van der Waals surface area (Å²) >= 11 is 1.38. The Hall–Kier alpha value is -3.64. The van der Waals surface area contributed by atoms with Crippen LogP contribution in [-0.2, 0) is 4.79 Å². The van der Waals surface area contributed by atoms with Gasteiger partial charge in [-0.3, -0.25) is 10.1 Å². The van der Waals surface area contributed by atoms with Crippen molar-refractivity contribution in [2.45, 2.75) is 13.3 Å². The highest BCUT2D eigenvalue weighted by atomic mass is 32.1. The number of hydrogen-bond acceptors (Lipinski definition) is 5. The molecule has 0 saturated heterocycles. The summed E-state index contributed by atoms with van der Waals surface area (Å²) in [6.07, 6.45) is 0.972. The van der Waals surface area contributed by atoms with E-state index in [1.165, 1.54) is 11.3 Å². The van der Waals surface area contributed by atoms with E-state index in [4.69, 9.17) is 9.47 Å². The van der Waals surface area contributed by atoms with E-state index in [1.54, 1.807) is 0 Å². The molecular weight excluding hydrogens is 420 g/mol. The summed E-state index contributed by atoms with van der Waals surface area (Å²) in [5.74, 6) is 1.24. The summed E-state index contributed by atoms with van der Waals surface area (Å²) in [4.78, 5) is 16.8. The van der Waals surface area contributed by atoms with Crippen molar-refractivity contribution < 1.29 is 14.3 Å². The van der Waals surface area contributed by atoms with E-state index in [0.29, 0.717) is 17.5 Å². The number of nitrogens with one attached hydrogen (secondary N) is 1. The van der Waals surface area contributed by atoms with E-state index < -0.39 is 0 Å². The SMILES string of the molecule is CCCOc1ccc(-c2csc(NC(=O)COc3ccc(-c4ccccc4)cc3)n2)cc1. The van der Waals surface area contributed by atoms with Gasteiger partial charge < -0.3 is 9.47 Å². The normalized spacial score (nSPS) is 10.5. The number of thiazole rings is 1. The summed E-state index contributed by atoms with van der Waals surface area (Å²) in [7, 11) is 0. The Morgan fingerprint density at radius 1 is 0.844 bits per heavy atom. The van der Waals surface area contributed by atoms with Gasteiger partial charge in [0, 0.05) is 10.9 Å². The van der Waals surface area contributed by atoms with Gasteiger partial charge in [-0.05, 0) is 53.9 Å². The first-order valence-electron chi connectivity index (χ1n) is 10.5. The molecule has 1 heterocycles. The Morgan fingerprint density at radius 2 is 1.47 bits per heavy atom. The van der Waals surface area contributed by atoms with Crippen LogP contribution in [0.5, 0.6) is 11.5 Å². The van der Waals surface area contributed by atoms with Crippen LogP contribution in [0.3, 0.4) is 0 Å². The molecule has 6 heteroatoms. The molecule has 0 aliphatic carbocycles. The van der Waals surface area contributed by atoms with E-state index in [2.05, 4.69) is 29.4 Å². The second-order valence-corrected chi connectivity index (χ2v) is 8.00. The van der Waals surface area contributed by atoms with Crippen LogP contribution in [0.1, 0.15) is 13.3 Å². The molecule has 32 heavy (non-hydrogen) atoms. The van der Waals surface area contributed by atoms with Crippen molar-refractivity contribution in [3.8, 4) is 33.9 Å². The molecule has 0 atom stereocenters. The number of carbonyl (C=O) groups excluding carboxylic acids is 1. The van der Waals surface area contributed by atoms with Crippen molar-refractivity contribution in [2.75, 3.05) is 18.5 Å². The Kier molecular flexibility index (Phi) is 7.15. The quantitative estimate of drug-likeness (QED) is 0.330. The van der Waals surface area contributed by atoms with Crippen LogP contribution in [0.4, 0.5) is 5.13 Å². The molecule has 4 rings (SSSR count). The van der Waals surface area contributed by atoms with E-state index in [9.17, 15) is 4.79 Å². The second-order valence-electron chi connectivity index (χ2n) is 7.14. The summed E-state index contributed by atoms with van der Waals surface area (Å²) < 4.78 is 11.2. The minimum Gasteiger partial charge on any atom is -0.494 e. The highest BCUT2D eigenvalue weighted by Gasteiger charge is 2.09. The van der Waals surface area contributed by atoms with Crippen molar-refractivity contribution in [3.63, 3.8) is 0 Å². The topological polar surface area (TPSA) is 60.5 Å². The molecule has 0 aliphatic heterocycles. The number of carbonyl (C=O) groups is 1. The lowest BCUT2D eigenvalue weighted by molar-refractivity contribution is -0.118. The van der Waals surface area contributed by atoms with E-state index in [-0.39, 0.29) is 12.5 Å². The van der Waals surface area contributed by atoms with E-state index in [0.717, 1.165) is 34.6 Å². The predicted molar refractivity (Wildman–Crippen MR) is 129 cm³/mol. The number of nitrogens with zero attached hydrogens (tertiary/aromatic N) is 1. The monoisotopic (exact) mass is 444 g/mol. The first kappa shape index (κ1) is 21.6. The number of amides is 1. The number of hydrogen-bond donors (Lipinski definition) is 1. The van der Waals surface area contributed by atoms with Crippen LogP contribution in [-0.4, -0.2) is 24.1 Å². The summed E-state index contributed by atoms with van der Waals surface area (Å²) in [6, 6.07) is 25.6. The molecule has 1 amide bonds. The fourth-order valence-electron chi connectivity index (χ4n) is 3.08. The first-order valence-corrected chi connectivity index (χ1v) is 11.4. The van der Waals surface area contributed by atoms with Crippen molar-refractivity contribution in [1.82, 2.24) is 4.98 Å². The van der Waals surface area contributed by atoms with E-state index in [1.807, 2.05) is 72.1 Å². The third-order valence-corrected chi connectivity index (χ3v) is 5.46. The highest BCUT2D eigenvalue weighted by Crippen LogP contribution is 2.27. The van der Waals surface area contributed by atoms with Crippen LogP contribution in [0.15, 0.2) is 84.2 Å². The number of anilines is 1. The standard InChI is InChI=1S/C26H24N2O3S/c1-2-16-30-22-14-10-21(11-15-22)24-18-32-26(27-24)28-25(29)17-31-23-12-8-20(9-13-23)19-6-4-3-5-7-19/h3-15,18H,2,16-17H2,1H3,(H,27,28,29). The molecule has 1 aromatic heterocycles.